The zero-order chi connectivity index (χ0) is 21.6. The van der Waals surface area contributed by atoms with E-state index in [1.165, 1.54) is 22.9 Å². The predicted octanol–water partition coefficient (Wildman–Crippen LogP) is 2.23. The number of nitrogen functional groups attached to an aromatic ring is 1. The fraction of sp³-hybridized carbons (Fsp3) is 0.333. The van der Waals surface area contributed by atoms with Gasteiger partial charge >= 0.3 is 0 Å². The standard InChI is InChI=1S/C18H21F2N5O3S/c1-18(2,3)29(27,28)14-9-25-13(10-6-11(19)17(21)24-16(10)20)8-23-15(25)7-12(14)22-4-5-26/h6-9,22,26H,4-5H2,1-3H3,(H2,21,24). The summed E-state index contributed by atoms with van der Waals surface area (Å²) in [5, 5.41) is 12.0. The lowest BCUT2D eigenvalue weighted by Gasteiger charge is -2.22. The quantitative estimate of drug-likeness (QED) is 0.536. The van der Waals surface area contributed by atoms with Gasteiger partial charge in [-0.05, 0) is 26.8 Å². The van der Waals surface area contributed by atoms with Crippen LogP contribution < -0.4 is 11.1 Å². The lowest BCUT2D eigenvalue weighted by molar-refractivity contribution is 0.311. The van der Waals surface area contributed by atoms with Gasteiger partial charge in [-0.3, -0.25) is 4.40 Å². The maximum atomic E-state index is 14.3. The molecule has 0 aliphatic heterocycles. The number of hydrogen-bond donors (Lipinski definition) is 3. The number of anilines is 2. The van der Waals surface area contributed by atoms with Gasteiger partial charge in [-0.2, -0.15) is 9.37 Å². The first-order chi connectivity index (χ1) is 13.5. The Balaban J connectivity index is 2.31. The van der Waals surface area contributed by atoms with Crippen molar-refractivity contribution in [2.24, 2.45) is 0 Å². The molecule has 0 unspecified atom stereocenters. The largest absolute Gasteiger partial charge is 0.395 e. The Bertz CT molecular complexity index is 1190. The minimum Gasteiger partial charge on any atom is -0.395 e. The summed E-state index contributed by atoms with van der Waals surface area (Å²) in [7, 11) is -3.83. The minimum absolute atomic E-state index is 0.0607. The topological polar surface area (TPSA) is 123 Å². The molecule has 3 rings (SSSR count). The molecule has 0 bridgehead atoms. The van der Waals surface area contributed by atoms with Crippen LogP contribution in [-0.4, -0.2) is 45.8 Å². The van der Waals surface area contributed by atoms with Crippen LogP contribution in [0.3, 0.4) is 0 Å². The second-order valence-corrected chi connectivity index (χ2v) is 10.1. The number of sulfone groups is 1. The van der Waals surface area contributed by atoms with Gasteiger partial charge in [0.2, 0.25) is 5.95 Å². The maximum absolute atomic E-state index is 14.3. The van der Waals surface area contributed by atoms with E-state index in [1.807, 2.05) is 0 Å². The maximum Gasteiger partial charge on any atom is 0.224 e. The highest BCUT2D eigenvalue weighted by atomic mass is 32.2. The molecule has 11 heteroatoms. The number of nitrogens with one attached hydrogen (secondary N) is 1. The fourth-order valence-corrected chi connectivity index (χ4v) is 4.06. The third kappa shape index (κ3) is 3.62. The highest BCUT2D eigenvalue weighted by molar-refractivity contribution is 7.93. The van der Waals surface area contributed by atoms with E-state index in [-0.39, 0.29) is 35.0 Å². The van der Waals surface area contributed by atoms with E-state index in [1.54, 1.807) is 20.8 Å². The number of aliphatic hydroxyl groups is 1. The van der Waals surface area contributed by atoms with Crippen LogP contribution in [0.25, 0.3) is 16.9 Å². The fourth-order valence-electron chi connectivity index (χ4n) is 2.74. The molecule has 0 saturated carbocycles. The van der Waals surface area contributed by atoms with Crippen molar-refractivity contribution in [1.82, 2.24) is 14.4 Å². The van der Waals surface area contributed by atoms with E-state index < -0.39 is 32.2 Å². The predicted molar refractivity (Wildman–Crippen MR) is 105 cm³/mol. The Kier molecular flexibility index (Phi) is 5.22. The number of halogens is 2. The summed E-state index contributed by atoms with van der Waals surface area (Å²) in [6.45, 7) is 4.57. The molecule has 0 aromatic carbocycles. The molecule has 0 aliphatic carbocycles. The molecular weight excluding hydrogens is 404 g/mol. The van der Waals surface area contributed by atoms with Crippen molar-refractivity contribution < 1.29 is 22.3 Å². The van der Waals surface area contributed by atoms with Crippen LogP contribution in [0.4, 0.5) is 20.3 Å². The number of fused-ring (bicyclic) bond motifs is 1. The molecular formula is C18H21F2N5O3S. The summed E-state index contributed by atoms with van der Waals surface area (Å²) in [6, 6.07) is 2.35. The van der Waals surface area contributed by atoms with Crippen LogP contribution >= 0.6 is 0 Å². The Morgan fingerprint density at radius 3 is 2.59 bits per heavy atom. The van der Waals surface area contributed by atoms with Gasteiger partial charge in [0.25, 0.3) is 0 Å². The summed E-state index contributed by atoms with van der Waals surface area (Å²) < 4.78 is 54.7. The summed E-state index contributed by atoms with van der Waals surface area (Å²) in [4.78, 5) is 7.44. The van der Waals surface area contributed by atoms with Crippen molar-refractivity contribution in [3.8, 4) is 11.3 Å². The second-order valence-electron chi connectivity index (χ2n) is 7.38. The average Bonchev–Trinajstić information content (AvgIpc) is 3.03. The first-order valence-corrected chi connectivity index (χ1v) is 10.2. The monoisotopic (exact) mass is 425 g/mol. The van der Waals surface area contributed by atoms with E-state index in [0.29, 0.717) is 5.65 Å². The summed E-state index contributed by atoms with van der Waals surface area (Å²) in [5.74, 6) is -2.49. The van der Waals surface area contributed by atoms with Crippen molar-refractivity contribution in [1.29, 1.82) is 0 Å². The zero-order valence-electron chi connectivity index (χ0n) is 16.1. The number of pyridine rings is 2. The van der Waals surface area contributed by atoms with E-state index in [0.717, 1.165) is 6.07 Å². The summed E-state index contributed by atoms with van der Waals surface area (Å²) in [6.07, 6.45) is 2.58. The molecule has 0 amide bonds. The average molecular weight is 425 g/mol. The van der Waals surface area contributed by atoms with Crippen molar-refractivity contribution in [2.45, 2.75) is 30.4 Å². The van der Waals surface area contributed by atoms with Crippen molar-refractivity contribution in [3.63, 3.8) is 0 Å². The van der Waals surface area contributed by atoms with Crippen molar-refractivity contribution >= 4 is 27.0 Å². The number of hydrogen-bond acceptors (Lipinski definition) is 7. The van der Waals surface area contributed by atoms with Gasteiger partial charge in [0.1, 0.15) is 10.5 Å². The molecule has 156 valence electrons. The van der Waals surface area contributed by atoms with Crippen LogP contribution in [0, 0.1) is 11.8 Å². The normalized spacial score (nSPS) is 12.5. The lowest BCUT2D eigenvalue weighted by atomic mass is 10.2. The van der Waals surface area contributed by atoms with Gasteiger partial charge < -0.3 is 16.2 Å². The Labute approximate surface area is 166 Å². The molecule has 3 heterocycles. The highest BCUT2D eigenvalue weighted by Gasteiger charge is 2.34. The molecule has 0 spiro atoms. The number of aliphatic hydroxyl groups excluding tert-OH is 1. The number of nitrogens with two attached hydrogens (primary N) is 1. The number of imidazole rings is 1. The molecule has 0 atom stereocenters. The summed E-state index contributed by atoms with van der Waals surface area (Å²) >= 11 is 0. The van der Waals surface area contributed by atoms with Gasteiger partial charge in [0, 0.05) is 18.8 Å². The lowest BCUT2D eigenvalue weighted by Crippen LogP contribution is -2.29. The Morgan fingerprint density at radius 1 is 1.28 bits per heavy atom. The van der Waals surface area contributed by atoms with Crippen molar-refractivity contribution in [2.75, 3.05) is 24.2 Å². The third-order valence-electron chi connectivity index (χ3n) is 4.37. The first kappa shape index (κ1) is 20.9. The molecule has 8 nitrogen and oxygen atoms in total. The Hall–Kier alpha value is -2.79. The molecule has 0 fully saturated rings. The van der Waals surface area contributed by atoms with Gasteiger partial charge in [-0.1, -0.05) is 0 Å². The molecule has 29 heavy (non-hydrogen) atoms. The van der Waals surface area contributed by atoms with Gasteiger partial charge in [0.15, 0.2) is 21.5 Å². The van der Waals surface area contributed by atoms with E-state index >= 15 is 0 Å². The van der Waals surface area contributed by atoms with E-state index in [2.05, 4.69) is 15.3 Å². The molecule has 0 saturated heterocycles. The second kappa shape index (κ2) is 7.23. The first-order valence-electron chi connectivity index (χ1n) is 8.69. The van der Waals surface area contributed by atoms with Crippen LogP contribution in [0.15, 0.2) is 29.4 Å². The van der Waals surface area contributed by atoms with Crippen LogP contribution in [0.2, 0.25) is 0 Å². The molecule has 3 aromatic heterocycles. The highest BCUT2D eigenvalue weighted by Crippen LogP contribution is 2.33. The van der Waals surface area contributed by atoms with Crippen LogP contribution in [0.1, 0.15) is 20.8 Å². The zero-order valence-corrected chi connectivity index (χ0v) is 16.9. The minimum atomic E-state index is -3.83. The van der Waals surface area contributed by atoms with Gasteiger partial charge in [0.05, 0.1) is 34.5 Å². The number of rotatable bonds is 5. The number of nitrogens with zero attached hydrogens (tertiary/aromatic N) is 3. The molecule has 3 aromatic rings. The van der Waals surface area contributed by atoms with Crippen molar-refractivity contribution in [3.05, 3.63) is 36.3 Å². The third-order valence-corrected chi connectivity index (χ3v) is 6.88. The molecule has 4 N–H and O–H groups in total. The van der Waals surface area contributed by atoms with Crippen LogP contribution in [0.5, 0.6) is 0 Å². The van der Waals surface area contributed by atoms with Crippen LogP contribution in [-0.2, 0) is 9.84 Å². The van der Waals surface area contributed by atoms with Gasteiger partial charge in [-0.15, -0.1) is 0 Å². The number of aromatic nitrogens is 3. The molecule has 0 radical (unpaired) electrons. The summed E-state index contributed by atoms with van der Waals surface area (Å²) in [5.41, 5.74) is 5.75. The SMILES string of the molecule is CC(C)(C)S(=O)(=O)c1cn2c(-c3cc(F)c(N)nc3F)cnc2cc1NCCO. The van der Waals surface area contributed by atoms with E-state index in [9.17, 15) is 17.2 Å². The molecule has 0 aliphatic rings. The van der Waals surface area contributed by atoms with E-state index in [4.69, 9.17) is 10.8 Å². The smallest absolute Gasteiger partial charge is 0.224 e. The van der Waals surface area contributed by atoms with Gasteiger partial charge in [-0.25, -0.2) is 17.8 Å². The Morgan fingerprint density at radius 2 is 1.97 bits per heavy atom.